The number of morpholine rings is 1. The molecule has 1 aliphatic heterocycles. The Morgan fingerprint density at radius 1 is 1.40 bits per heavy atom. The van der Waals surface area contributed by atoms with Crippen LogP contribution in [0.25, 0.3) is 0 Å². The topological polar surface area (TPSA) is 58.7 Å². The van der Waals surface area contributed by atoms with E-state index in [9.17, 15) is 5.11 Å². The van der Waals surface area contributed by atoms with E-state index in [1.54, 1.807) is 0 Å². The number of rotatable bonds is 4. The SMILES string of the molecule is Cc1ccc(C(CN)N2CC(CO)OC(C)(C)C2)cc1. The molecular weight excluding hydrogens is 252 g/mol. The molecule has 1 aromatic rings. The van der Waals surface area contributed by atoms with Gasteiger partial charge in [-0.25, -0.2) is 0 Å². The Morgan fingerprint density at radius 3 is 2.60 bits per heavy atom. The summed E-state index contributed by atoms with van der Waals surface area (Å²) in [4.78, 5) is 2.33. The van der Waals surface area contributed by atoms with E-state index in [1.165, 1.54) is 11.1 Å². The quantitative estimate of drug-likeness (QED) is 0.875. The fourth-order valence-corrected chi connectivity index (χ4v) is 2.96. The van der Waals surface area contributed by atoms with E-state index in [0.717, 1.165) is 13.1 Å². The van der Waals surface area contributed by atoms with Gasteiger partial charge in [-0.3, -0.25) is 4.90 Å². The van der Waals surface area contributed by atoms with Gasteiger partial charge in [0, 0.05) is 25.7 Å². The molecule has 1 saturated heterocycles. The van der Waals surface area contributed by atoms with Gasteiger partial charge >= 0.3 is 0 Å². The number of aliphatic hydroxyl groups is 1. The second kappa shape index (κ2) is 6.22. The lowest BCUT2D eigenvalue weighted by atomic mass is 9.98. The molecule has 1 aromatic carbocycles. The summed E-state index contributed by atoms with van der Waals surface area (Å²) in [5.74, 6) is 0. The Balaban J connectivity index is 2.19. The van der Waals surface area contributed by atoms with Crippen LogP contribution in [0.1, 0.15) is 31.0 Å². The third kappa shape index (κ3) is 3.58. The Labute approximate surface area is 121 Å². The highest BCUT2D eigenvalue weighted by molar-refractivity contribution is 5.24. The van der Waals surface area contributed by atoms with E-state index < -0.39 is 0 Å². The van der Waals surface area contributed by atoms with Crippen molar-refractivity contribution in [1.29, 1.82) is 0 Å². The van der Waals surface area contributed by atoms with Gasteiger partial charge < -0.3 is 15.6 Å². The number of aryl methyl sites for hydroxylation is 1. The second-order valence-corrected chi connectivity index (χ2v) is 6.27. The van der Waals surface area contributed by atoms with Crippen molar-refractivity contribution in [2.75, 3.05) is 26.2 Å². The summed E-state index contributed by atoms with van der Waals surface area (Å²) in [7, 11) is 0. The van der Waals surface area contributed by atoms with Gasteiger partial charge in [-0.05, 0) is 26.3 Å². The van der Waals surface area contributed by atoms with Crippen LogP contribution in [-0.4, -0.2) is 48.0 Å². The molecule has 0 bridgehead atoms. The van der Waals surface area contributed by atoms with Crippen molar-refractivity contribution in [3.63, 3.8) is 0 Å². The van der Waals surface area contributed by atoms with Crippen LogP contribution in [0.15, 0.2) is 24.3 Å². The molecule has 4 nitrogen and oxygen atoms in total. The minimum Gasteiger partial charge on any atom is -0.394 e. The van der Waals surface area contributed by atoms with Gasteiger partial charge in [0.1, 0.15) is 0 Å². The minimum absolute atomic E-state index is 0.0467. The van der Waals surface area contributed by atoms with Crippen LogP contribution in [-0.2, 0) is 4.74 Å². The zero-order valence-corrected chi connectivity index (χ0v) is 12.7. The van der Waals surface area contributed by atoms with Gasteiger partial charge in [0.2, 0.25) is 0 Å². The van der Waals surface area contributed by atoms with Crippen molar-refractivity contribution >= 4 is 0 Å². The third-order valence-corrected chi connectivity index (χ3v) is 3.84. The van der Waals surface area contributed by atoms with E-state index in [2.05, 4.69) is 49.9 Å². The zero-order valence-electron chi connectivity index (χ0n) is 12.7. The van der Waals surface area contributed by atoms with Gasteiger partial charge in [0.25, 0.3) is 0 Å². The summed E-state index contributed by atoms with van der Waals surface area (Å²) in [6, 6.07) is 8.69. The second-order valence-electron chi connectivity index (χ2n) is 6.27. The molecule has 0 aliphatic carbocycles. The predicted octanol–water partition coefficient (Wildman–Crippen LogP) is 1.47. The molecular formula is C16H26N2O2. The van der Waals surface area contributed by atoms with Crippen LogP contribution in [0.4, 0.5) is 0 Å². The minimum atomic E-state index is -0.260. The smallest absolute Gasteiger partial charge is 0.0940 e. The van der Waals surface area contributed by atoms with E-state index in [-0.39, 0.29) is 24.4 Å². The lowest BCUT2D eigenvalue weighted by Crippen LogP contribution is -2.55. The van der Waals surface area contributed by atoms with Crippen LogP contribution in [0.5, 0.6) is 0 Å². The van der Waals surface area contributed by atoms with Crippen molar-refractivity contribution in [2.45, 2.75) is 38.5 Å². The molecule has 0 radical (unpaired) electrons. The number of nitrogens with zero attached hydrogens (tertiary/aromatic N) is 1. The van der Waals surface area contributed by atoms with Crippen molar-refractivity contribution in [3.8, 4) is 0 Å². The molecule has 1 heterocycles. The highest BCUT2D eigenvalue weighted by Gasteiger charge is 2.36. The summed E-state index contributed by atoms with van der Waals surface area (Å²) in [6.45, 7) is 8.35. The van der Waals surface area contributed by atoms with Crippen LogP contribution in [0.3, 0.4) is 0 Å². The predicted molar refractivity (Wildman–Crippen MR) is 80.6 cm³/mol. The molecule has 2 rings (SSSR count). The molecule has 20 heavy (non-hydrogen) atoms. The van der Waals surface area contributed by atoms with Crippen molar-refractivity contribution in [1.82, 2.24) is 4.90 Å². The summed E-state index contributed by atoms with van der Waals surface area (Å²) >= 11 is 0. The number of hydrogen-bond donors (Lipinski definition) is 2. The number of benzene rings is 1. The normalized spacial score (nSPS) is 24.6. The fraction of sp³-hybridized carbons (Fsp3) is 0.625. The van der Waals surface area contributed by atoms with Crippen LogP contribution < -0.4 is 5.73 Å². The lowest BCUT2D eigenvalue weighted by Gasteiger charge is -2.45. The molecule has 112 valence electrons. The van der Waals surface area contributed by atoms with Crippen LogP contribution >= 0.6 is 0 Å². The molecule has 3 N–H and O–H groups in total. The Hall–Kier alpha value is -0.940. The van der Waals surface area contributed by atoms with Gasteiger partial charge in [-0.15, -0.1) is 0 Å². The molecule has 1 fully saturated rings. The molecule has 0 amide bonds. The molecule has 0 aromatic heterocycles. The first-order valence-electron chi connectivity index (χ1n) is 7.24. The lowest BCUT2D eigenvalue weighted by molar-refractivity contribution is -0.156. The highest BCUT2D eigenvalue weighted by atomic mass is 16.5. The average molecular weight is 278 g/mol. The largest absolute Gasteiger partial charge is 0.394 e. The van der Waals surface area contributed by atoms with Gasteiger partial charge in [0.15, 0.2) is 0 Å². The zero-order chi connectivity index (χ0) is 14.8. The van der Waals surface area contributed by atoms with E-state index in [1.807, 2.05) is 0 Å². The van der Waals surface area contributed by atoms with Gasteiger partial charge in [0.05, 0.1) is 18.3 Å². The molecule has 0 saturated carbocycles. The number of hydrogen-bond acceptors (Lipinski definition) is 4. The summed E-state index contributed by atoms with van der Waals surface area (Å²) < 4.78 is 5.87. The molecule has 2 atom stereocenters. The molecule has 2 unspecified atom stereocenters. The highest BCUT2D eigenvalue weighted by Crippen LogP contribution is 2.28. The van der Waals surface area contributed by atoms with Crippen molar-refractivity contribution in [3.05, 3.63) is 35.4 Å². The summed E-state index contributed by atoms with van der Waals surface area (Å²) in [6.07, 6.45) is -0.141. The van der Waals surface area contributed by atoms with Gasteiger partial charge in [-0.2, -0.15) is 0 Å². The van der Waals surface area contributed by atoms with Gasteiger partial charge in [-0.1, -0.05) is 29.8 Å². The van der Waals surface area contributed by atoms with Crippen molar-refractivity contribution < 1.29 is 9.84 Å². The van der Waals surface area contributed by atoms with E-state index in [0.29, 0.717) is 6.54 Å². The summed E-state index contributed by atoms with van der Waals surface area (Å²) in [5.41, 5.74) is 8.22. The maximum Gasteiger partial charge on any atom is 0.0940 e. The average Bonchev–Trinajstić information content (AvgIpc) is 2.40. The first-order valence-corrected chi connectivity index (χ1v) is 7.24. The molecule has 0 spiro atoms. The number of nitrogens with two attached hydrogens (primary N) is 1. The Kier molecular flexibility index (Phi) is 4.81. The third-order valence-electron chi connectivity index (χ3n) is 3.84. The fourth-order valence-electron chi connectivity index (χ4n) is 2.96. The van der Waals surface area contributed by atoms with E-state index >= 15 is 0 Å². The maximum absolute atomic E-state index is 9.42. The van der Waals surface area contributed by atoms with E-state index in [4.69, 9.17) is 10.5 Å². The van der Waals surface area contributed by atoms with Crippen molar-refractivity contribution in [2.24, 2.45) is 5.73 Å². The number of aliphatic hydroxyl groups excluding tert-OH is 1. The monoisotopic (exact) mass is 278 g/mol. The standard InChI is InChI=1S/C16H26N2O2/c1-12-4-6-13(7-5-12)15(8-17)18-9-14(10-19)20-16(2,3)11-18/h4-7,14-15,19H,8-11,17H2,1-3H3. The number of ether oxygens (including phenoxy) is 1. The molecule has 4 heteroatoms. The van der Waals surface area contributed by atoms with Crippen LogP contribution in [0.2, 0.25) is 0 Å². The maximum atomic E-state index is 9.42. The Bertz CT molecular complexity index is 431. The van der Waals surface area contributed by atoms with Crippen LogP contribution in [0, 0.1) is 6.92 Å². The first kappa shape index (κ1) is 15.4. The molecule has 1 aliphatic rings. The first-order chi connectivity index (χ1) is 9.45. The summed E-state index contributed by atoms with van der Waals surface area (Å²) in [5, 5.41) is 9.42. The Morgan fingerprint density at radius 2 is 2.05 bits per heavy atom.